The number of hydrogen-bond donors (Lipinski definition) is 1. The van der Waals surface area contributed by atoms with Crippen molar-refractivity contribution in [2.75, 3.05) is 32.7 Å². The van der Waals surface area contributed by atoms with Crippen molar-refractivity contribution >= 4 is 17.8 Å². The number of nitrogens with zero attached hydrogens (tertiary/aromatic N) is 6. The van der Waals surface area contributed by atoms with Gasteiger partial charge >= 0.3 is 12.1 Å². The van der Waals surface area contributed by atoms with E-state index in [1.54, 1.807) is 9.42 Å². The van der Waals surface area contributed by atoms with Crippen molar-refractivity contribution in [2.45, 2.75) is 104 Å². The van der Waals surface area contributed by atoms with Gasteiger partial charge in [-0.25, -0.2) is 19.1 Å². The summed E-state index contributed by atoms with van der Waals surface area (Å²) < 4.78 is 13.5. The van der Waals surface area contributed by atoms with Gasteiger partial charge in [0.2, 0.25) is 0 Å². The maximum atomic E-state index is 13.4. The summed E-state index contributed by atoms with van der Waals surface area (Å²) in [6, 6.07) is 1.93. The first-order chi connectivity index (χ1) is 19.9. The van der Waals surface area contributed by atoms with Crippen LogP contribution >= 0.6 is 0 Å². The number of aliphatic hydroxyl groups is 1. The van der Waals surface area contributed by atoms with Crippen molar-refractivity contribution in [3.63, 3.8) is 0 Å². The van der Waals surface area contributed by atoms with Gasteiger partial charge in [-0.15, -0.1) is 5.10 Å². The third kappa shape index (κ3) is 6.88. The normalized spacial score (nSPS) is 22.7. The summed E-state index contributed by atoms with van der Waals surface area (Å²) in [5.41, 5.74) is 0.847. The lowest BCUT2D eigenvalue weighted by Crippen LogP contribution is -2.50. The molecule has 1 saturated carbocycles. The Kier molecular flexibility index (Phi) is 8.78. The summed E-state index contributed by atoms with van der Waals surface area (Å²) in [5.74, 6) is 0.832. The van der Waals surface area contributed by atoms with Crippen molar-refractivity contribution in [1.82, 2.24) is 29.4 Å². The zero-order valence-corrected chi connectivity index (χ0v) is 25.8. The second-order valence-corrected chi connectivity index (χ2v) is 13.3. The van der Waals surface area contributed by atoms with Gasteiger partial charge in [-0.2, -0.15) is 4.98 Å². The molecule has 1 unspecified atom stereocenters. The zero-order chi connectivity index (χ0) is 30.1. The smallest absolute Gasteiger partial charge is 0.410 e. The number of hydrogen-bond acceptors (Lipinski definition) is 9. The highest BCUT2D eigenvalue weighted by atomic mass is 16.6. The van der Waals surface area contributed by atoms with Crippen molar-refractivity contribution in [1.29, 1.82) is 0 Å². The molecule has 2 fully saturated rings. The molecule has 11 nitrogen and oxygen atoms in total. The van der Waals surface area contributed by atoms with Gasteiger partial charge in [0.05, 0.1) is 5.57 Å². The van der Waals surface area contributed by atoms with Crippen LogP contribution in [-0.4, -0.2) is 90.5 Å². The van der Waals surface area contributed by atoms with E-state index in [1.165, 1.54) is 0 Å². The lowest BCUT2D eigenvalue weighted by atomic mass is 9.76. The molecule has 11 heteroatoms. The van der Waals surface area contributed by atoms with Crippen LogP contribution in [0.5, 0.6) is 0 Å². The molecule has 42 heavy (non-hydrogen) atoms. The minimum Gasteiger partial charge on any atom is -0.512 e. The largest absolute Gasteiger partial charge is 0.512 e. The van der Waals surface area contributed by atoms with E-state index in [0.717, 1.165) is 76.0 Å². The number of aromatic nitrogens is 4. The first-order valence-electron chi connectivity index (χ1n) is 15.5. The number of carbonyl (C=O) groups is 2. The van der Waals surface area contributed by atoms with Crippen LogP contribution in [0, 0.1) is 19.8 Å². The molecule has 0 spiro atoms. The molecule has 1 saturated heterocycles. The Morgan fingerprint density at radius 3 is 2.50 bits per heavy atom. The molecule has 0 aromatic carbocycles. The highest BCUT2D eigenvalue weighted by Gasteiger charge is 2.48. The highest BCUT2D eigenvalue weighted by molar-refractivity contribution is 5.90. The van der Waals surface area contributed by atoms with Gasteiger partial charge in [0.25, 0.3) is 5.78 Å². The summed E-state index contributed by atoms with van der Waals surface area (Å²) in [4.78, 5) is 38.9. The Labute approximate surface area is 248 Å². The molecule has 1 aliphatic carbocycles. The van der Waals surface area contributed by atoms with Crippen molar-refractivity contribution < 1.29 is 24.2 Å². The number of rotatable bonds is 8. The van der Waals surface area contributed by atoms with Crippen LogP contribution in [-0.2, 0) is 20.7 Å². The lowest BCUT2D eigenvalue weighted by molar-refractivity contribution is -0.167. The second kappa shape index (κ2) is 12.2. The number of aryl methyl sites for hydroxylation is 2. The number of fused-ring (bicyclic) bond motifs is 1. The molecular weight excluding hydrogens is 536 g/mol. The fourth-order valence-electron chi connectivity index (χ4n) is 6.67. The number of amides is 1. The van der Waals surface area contributed by atoms with Crippen LogP contribution in [0.25, 0.3) is 5.78 Å². The van der Waals surface area contributed by atoms with Gasteiger partial charge in [0.1, 0.15) is 17.0 Å². The fraction of sp³-hybridized carbons (Fsp3) is 0.710. The quantitative estimate of drug-likeness (QED) is 0.349. The van der Waals surface area contributed by atoms with E-state index in [2.05, 4.69) is 20.0 Å². The van der Waals surface area contributed by atoms with Crippen molar-refractivity contribution in [2.24, 2.45) is 5.92 Å². The number of esters is 1. The van der Waals surface area contributed by atoms with Gasteiger partial charge in [0.15, 0.2) is 5.82 Å². The van der Waals surface area contributed by atoms with E-state index in [9.17, 15) is 14.7 Å². The summed E-state index contributed by atoms with van der Waals surface area (Å²) in [5, 5.41) is 15.7. The summed E-state index contributed by atoms with van der Waals surface area (Å²) in [7, 11) is 0. The second-order valence-electron chi connectivity index (χ2n) is 13.3. The lowest BCUT2D eigenvalue weighted by Gasteiger charge is -2.42. The van der Waals surface area contributed by atoms with E-state index >= 15 is 0 Å². The average Bonchev–Trinajstić information content (AvgIpc) is 3.59. The van der Waals surface area contributed by atoms with Crippen molar-refractivity contribution in [3.8, 4) is 0 Å². The number of piperazine rings is 1. The number of unbranched alkanes of at least 4 members (excludes halogenated alkanes) is 1. The minimum atomic E-state index is -0.668. The number of cyclic esters (lactones) is 1. The van der Waals surface area contributed by atoms with E-state index in [0.29, 0.717) is 31.1 Å². The Morgan fingerprint density at radius 1 is 1.12 bits per heavy atom. The molecule has 1 atom stereocenters. The Hall–Kier alpha value is -3.21. The molecular formula is C31H46N6O5. The first kappa shape index (κ1) is 30.3. The monoisotopic (exact) mass is 582 g/mol. The Morgan fingerprint density at radius 2 is 1.83 bits per heavy atom. The molecule has 2 aromatic rings. The standard InChI is InChI=1S/C31H46N6O5/c1-21-18-22(2)37-28(32-21)33-26(34-37)19-24-25(38)20-31(41-27(24)39,23-10-6-7-11-23)12-8-9-13-35-14-16-36(17-15-35)29(40)42-30(3,4)5/h18,23,38H,6-17,19-20H2,1-5H3. The molecule has 5 rings (SSSR count). The van der Waals surface area contributed by atoms with Crippen LogP contribution < -0.4 is 0 Å². The third-order valence-electron chi connectivity index (χ3n) is 8.80. The van der Waals surface area contributed by atoms with Gasteiger partial charge in [-0.1, -0.05) is 12.8 Å². The molecule has 0 radical (unpaired) electrons. The van der Waals surface area contributed by atoms with Crippen LogP contribution in [0.1, 0.15) is 89.4 Å². The number of ether oxygens (including phenoxy) is 2. The molecule has 4 heterocycles. The number of aliphatic hydroxyl groups excluding tert-OH is 1. The maximum Gasteiger partial charge on any atom is 0.410 e. The predicted octanol–water partition coefficient (Wildman–Crippen LogP) is 4.69. The molecule has 1 N–H and O–H groups in total. The first-order valence-corrected chi connectivity index (χ1v) is 15.5. The average molecular weight is 583 g/mol. The maximum absolute atomic E-state index is 13.4. The van der Waals surface area contributed by atoms with Gasteiger partial charge in [0, 0.05) is 50.4 Å². The van der Waals surface area contributed by atoms with Crippen molar-refractivity contribution in [3.05, 3.63) is 34.6 Å². The minimum absolute atomic E-state index is 0.108. The fourth-order valence-corrected chi connectivity index (χ4v) is 6.67. The van der Waals surface area contributed by atoms with E-state index in [1.807, 2.05) is 40.7 Å². The SMILES string of the molecule is Cc1cc(C)n2nc(CC3=C(O)CC(CCCCN4CCN(C(=O)OC(C)(C)C)CC4)(C4CCCC4)OC3=O)nc2n1. The Bertz CT molecular complexity index is 1330. The predicted molar refractivity (Wildman–Crippen MR) is 157 cm³/mol. The molecule has 230 valence electrons. The van der Waals surface area contributed by atoms with E-state index < -0.39 is 17.2 Å². The highest BCUT2D eigenvalue weighted by Crippen LogP contribution is 2.46. The van der Waals surface area contributed by atoms with Crippen LogP contribution in [0.4, 0.5) is 4.79 Å². The molecule has 0 bridgehead atoms. The van der Waals surface area contributed by atoms with Gasteiger partial charge in [-0.05, 0) is 85.3 Å². The third-order valence-corrected chi connectivity index (χ3v) is 8.80. The summed E-state index contributed by atoms with van der Waals surface area (Å²) in [6.07, 6.45) is 7.09. The van der Waals surface area contributed by atoms with Crippen LogP contribution in [0.15, 0.2) is 17.4 Å². The van der Waals surface area contributed by atoms with E-state index in [4.69, 9.17) is 9.47 Å². The van der Waals surface area contributed by atoms with E-state index in [-0.39, 0.29) is 29.8 Å². The van der Waals surface area contributed by atoms with Gasteiger partial charge < -0.3 is 19.5 Å². The molecule has 1 amide bonds. The zero-order valence-electron chi connectivity index (χ0n) is 25.8. The molecule has 2 aromatic heterocycles. The van der Waals surface area contributed by atoms with Crippen LogP contribution in [0.3, 0.4) is 0 Å². The van der Waals surface area contributed by atoms with Crippen LogP contribution in [0.2, 0.25) is 0 Å². The summed E-state index contributed by atoms with van der Waals surface area (Å²) >= 11 is 0. The molecule has 3 aliphatic rings. The van der Waals surface area contributed by atoms with Gasteiger partial charge in [-0.3, -0.25) is 4.90 Å². The Balaban J connectivity index is 1.18. The summed E-state index contributed by atoms with van der Waals surface area (Å²) in [6.45, 7) is 13.4. The topological polar surface area (TPSA) is 122 Å². The number of carbonyl (C=O) groups excluding carboxylic acids is 2. The molecule has 2 aliphatic heterocycles.